The van der Waals surface area contributed by atoms with Crippen LogP contribution in [0.25, 0.3) is 0 Å². The summed E-state index contributed by atoms with van der Waals surface area (Å²) < 4.78 is 44.7. The highest BCUT2D eigenvalue weighted by Gasteiger charge is 2.60. The zero-order valence-electron chi connectivity index (χ0n) is 25.5. The number of amides is 1. The third-order valence-electron chi connectivity index (χ3n) is 11.8. The maximum atomic E-state index is 14.9. The lowest BCUT2D eigenvalue weighted by Gasteiger charge is -2.60. The Morgan fingerprint density at radius 1 is 1.09 bits per heavy atom. The Kier molecular flexibility index (Phi) is 7.24. The van der Waals surface area contributed by atoms with E-state index >= 15 is 0 Å². The molecular formula is C33H39F3N2O7. The summed E-state index contributed by atoms with van der Waals surface area (Å²) >= 11 is 0. The van der Waals surface area contributed by atoms with Crippen molar-refractivity contribution in [2.45, 2.75) is 77.6 Å². The number of phenols is 1. The van der Waals surface area contributed by atoms with Gasteiger partial charge in [-0.15, -0.1) is 0 Å². The highest BCUT2D eigenvalue weighted by molar-refractivity contribution is 6.24. The highest BCUT2D eigenvalue weighted by Crippen LogP contribution is 2.61. The molecule has 244 valence electrons. The molecule has 0 aliphatic heterocycles. The summed E-state index contributed by atoms with van der Waals surface area (Å²) in [6.07, 6.45) is -2.73. The average Bonchev–Trinajstić information content (AvgIpc) is 2.93. The van der Waals surface area contributed by atoms with E-state index in [0.717, 1.165) is 25.3 Å². The number of benzene rings is 1. The fourth-order valence-corrected chi connectivity index (χ4v) is 9.30. The van der Waals surface area contributed by atoms with Gasteiger partial charge < -0.3 is 26.2 Å². The second kappa shape index (κ2) is 10.3. The Morgan fingerprint density at radius 3 is 2.36 bits per heavy atom. The van der Waals surface area contributed by atoms with Crippen LogP contribution < -0.4 is 5.73 Å². The maximum absolute atomic E-state index is 14.9. The minimum atomic E-state index is -4.88. The van der Waals surface area contributed by atoms with Gasteiger partial charge in [0.1, 0.15) is 22.8 Å². The third-order valence-corrected chi connectivity index (χ3v) is 11.8. The second-order valence-electron chi connectivity index (χ2n) is 14.2. The van der Waals surface area contributed by atoms with Crippen molar-refractivity contribution >= 4 is 17.5 Å². The second-order valence-corrected chi connectivity index (χ2v) is 14.2. The first-order chi connectivity index (χ1) is 20.9. The number of ketones is 2. The van der Waals surface area contributed by atoms with E-state index in [4.69, 9.17) is 5.73 Å². The van der Waals surface area contributed by atoms with Gasteiger partial charge in [0.15, 0.2) is 11.4 Å². The number of nitrogens with two attached hydrogens (primary N) is 1. The predicted molar refractivity (Wildman–Crippen MR) is 155 cm³/mol. The van der Waals surface area contributed by atoms with Crippen molar-refractivity contribution in [1.82, 2.24) is 4.90 Å². The van der Waals surface area contributed by atoms with E-state index < -0.39 is 99.0 Å². The Labute approximate surface area is 258 Å². The van der Waals surface area contributed by atoms with Crippen molar-refractivity contribution in [3.8, 4) is 5.75 Å². The average molecular weight is 633 g/mol. The van der Waals surface area contributed by atoms with Gasteiger partial charge in [-0.25, -0.2) is 0 Å². The van der Waals surface area contributed by atoms with Crippen molar-refractivity contribution in [3.05, 3.63) is 51.0 Å². The normalized spacial score (nSPS) is 32.2. The number of alkyl halides is 3. The molecule has 3 unspecified atom stereocenters. The van der Waals surface area contributed by atoms with E-state index in [1.54, 1.807) is 0 Å². The van der Waals surface area contributed by atoms with Crippen LogP contribution in [0.5, 0.6) is 5.75 Å². The van der Waals surface area contributed by atoms with E-state index in [-0.39, 0.29) is 23.9 Å². The molecular weight excluding hydrogens is 593 g/mol. The van der Waals surface area contributed by atoms with Gasteiger partial charge in [-0.3, -0.25) is 19.3 Å². The van der Waals surface area contributed by atoms with Gasteiger partial charge in [-0.1, -0.05) is 20.8 Å². The Morgan fingerprint density at radius 2 is 1.78 bits per heavy atom. The van der Waals surface area contributed by atoms with Gasteiger partial charge in [-0.05, 0) is 84.9 Å². The zero-order valence-corrected chi connectivity index (χ0v) is 25.5. The molecule has 9 nitrogen and oxygen atoms in total. The molecule has 1 aromatic rings. The van der Waals surface area contributed by atoms with E-state index in [2.05, 4.69) is 13.8 Å². The molecule has 6 aliphatic rings. The summed E-state index contributed by atoms with van der Waals surface area (Å²) in [5.41, 5.74) is -0.968. The van der Waals surface area contributed by atoms with Gasteiger partial charge in [0.05, 0.1) is 11.1 Å². The van der Waals surface area contributed by atoms with Crippen LogP contribution in [0.2, 0.25) is 0 Å². The number of phenolic OH excluding ortho intramolecular Hbond substituents is 1. The molecule has 2 bridgehead atoms. The lowest BCUT2D eigenvalue weighted by Crippen LogP contribution is -2.57. The first kappa shape index (κ1) is 31.6. The molecule has 3 saturated carbocycles. The van der Waals surface area contributed by atoms with E-state index in [1.165, 1.54) is 0 Å². The molecule has 45 heavy (non-hydrogen) atoms. The van der Waals surface area contributed by atoms with E-state index in [9.17, 15) is 48.0 Å². The number of rotatable bonds is 6. The van der Waals surface area contributed by atoms with E-state index in [1.807, 2.05) is 11.8 Å². The molecule has 6 N–H and O–H groups in total. The smallest absolute Gasteiger partial charge is 0.417 e. The van der Waals surface area contributed by atoms with Crippen molar-refractivity contribution in [1.29, 1.82) is 0 Å². The van der Waals surface area contributed by atoms with Gasteiger partial charge in [0, 0.05) is 31.0 Å². The molecule has 6 atom stereocenters. The molecule has 0 radical (unpaired) electrons. The van der Waals surface area contributed by atoms with Crippen LogP contribution in [-0.4, -0.2) is 61.5 Å². The largest absolute Gasteiger partial charge is 0.511 e. The van der Waals surface area contributed by atoms with Gasteiger partial charge in [0.25, 0.3) is 5.91 Å². The number of carbonyl (C=O) groups is 3. The summed E-state index contributed by atoms with van der Waals surface area (Å²) in [7, 11) is 0. The number of primary amides is 1. The van der Waals surface area contributed by atoms with Crippen molar-refractivity contribution in [2.75, 3.05) is 13.1 Å². The van der Waals surface area contributed by atoms with Crippen LogP contribution in [0.4, 0.5) is 13.2 Å². The van der Waals surface area contributed by atoms with Crippen LogP contribution in [0.15, 0.2) is 28.7 Å². The molecule has 0 spiro atoms. The summed E-state index contributed by atoms with van der Waals surface area (Å²) in [6, 6.07) is 0.961. The summed E-state index contributed by atoms with van der Waals surface area (Å²) in [4.78, 5) is 40.7. The Balaban J connectivity index is 1.39. The van der Waals surface area contributed by atoms with E-state index in [0.29, 0.717) is 30.8 Å². The molecule has 12 heteroatoms. The van der Waals surface area contributed by atoms with Gasteiger partial charge in [-0.2, -0.15) is 13.2 Å². The number of nitrogens with zero attached hydrogens (tertiary/aromatic N) is 1. The molecule has 0 aromatic heterocycles. The van der Waals surface area contributed by atoms with Crippen molar-refractivity contribution in [3.63, 3.8) is 0 Å². The summed E-state index contributed by atoms with van der Waals surface area (Å²) in [6.45, 7) is 7.43. The van der Waals surface area contributed by atoms with Crippen LogP contribution in [0.1, 0.15) is 79.9 Å². The summed E-state index contributed by atoms with van der Waals surface area (Å²) in [5, 5.41) is 43.9. The number of carbonyl (C=O) groups excluding carboxylic acids is 3. The Bertz CT molecular complexity index is 1580. The van der Waals surface area contributed by atoms with Crippen molar-refractivity contribution in [2.24, 2.45) is 40.7 Å². The fraction of sp³-hybridized carbons (Fsp3) is 0.606. The lowest BCUT2D eigenvalue weighted by molar-refractivity contribution is -0.144. The molecule has 3 fully saturated rings. The monoisotopic (exact) mass is 632 g/mol. The number of allylic oxidation sites excluding steroid dienone is 2. The number of Topliss-reactive ketones (excluding diaryl/α,β-unsaturated/α-hetero) is 2. The number of aliphatic hydroxyl groups excluding tert-OH is 2. The number of aromatic hydroxyl groups is 1. The lowest BCUT2D eigenvalue weighted by atomic mass is 9.45. The van der Waals surface area contributed by atoms with Crippen molar-refractivity contribution < 1.29 is 48.0 Å². The SMILES string of the molecule is CCN(Cc1cc(O)c2c(c1C(F)(F)F)CC1C[C@H]3CC(O)=C(C(N)=O)C(=O)[C@@]3(O)C(O)=C1C2=O)C[C@@H]1CCC2CC1C2(C)C. The predicted octanol–water partition coefficient (Wildman–Crippen LogP) is 4.49. The van der Waals surface area contributed by atoms with Crippen LogP contribution >= 0.6 is 0 Å². The topological polar surface area (TPSA) is 161 Å². The minimum Gasteiger partial charge on any atom is -0.511 e. The first-order valence-corrected chi connectivity index (χ1v) is 15.6. The van der Waals surface area contributed by atoms with Crippen LogP contribution in [0.3, 0.4) is 0 Å². The van der Waals surface area contributed by atoms with Gasteiger partial charge >= 0.3 is 6.18 Å². The zero-order chi connectivity index (χ0) is 33.0. The minimum absolute atomic E-state index is 0.0858. The standard InChI is InChI=1S/C33H39F3N2O7/c1-4-38(12-14-5-6-17-10-20(14)31(17,2)3)13-16-9-21(39)24-19(26(16)33(34,35)36)8-15-7-18-11-22(40)25(30(37)44)29(43)32(18,45)28(42)23(15)27(24)41/h9,14-15,17-18,20,39-40,42,45H,4-8,10-13H2,1-3H3,(H2,37,44)/t14-,15?,17?,18-,20?,32-/m0/s1. The quantitative estimate of drug-likeness (QED) is 0.287. The van der Waals surface area contributed by atoms with Gasteiger partial charge in [0.2, 0.25) is 5.78 Å². The first-order valence-electron chi connectivity index (χ1n) is 15.6. The molecule has 0 heterocycles. The number of fused-ring (bicyclic) bond motifs is 5. The Hall–Kier alpha value is -3.38. The molecule has 1 aromatic carbocycles. The highest BCUT2D eigenvalue weighted by atomic mass is 19.4. The number of halogens is 3. The number of hydrogen-bond acceptors (Lipinski definition) is 8. The van der Waals surface area contributed by atoms with Crippen LogP contribution in [-0.2, 0) is 28.7 Å². The maximum Gasteiger partial charge on any atom is 0.417 e. The number of aliphatic hydroxyl groups is 3. The van der Waals surface area contributed by atoms with Crippen LogP contribution in [0, 0.1) is 35.0 Å². The third kappa shape index (κ3) is 4.53. The molecule has 6 aliphatic carbocycles. The fourth-order valence-electron chi connectivity index (χ4n) is 9.30. The summed E-state index contributed by atoms with van der Waals surface area (Å²) in [5.74, 6) is -7.09. The number of hydrogen-bond donors (Lipinski definition) is 5. The molecule has 0 saturated heterocycles. The molecule has 1 amide bonds. The molecule has 7 rings (SSSR count).